The van der Waals surface area contributed by atoms with Gasteiger partial charge < -0.3 is 5.32 Å². The molecule has 0 amide bonds. The highest BCUT2D eigenvalue weighted by Crippen LogP contribution is 2.23. The van der Waals surface area contributed by atoms with Gasteiger partial charge in [0.25, 0.3) is 10.0 Å². The molecule has 0 saturated carbocycles. The lowest BCUT2D eigenvalue weighted by atomic mass is 10.3. The molecular weight excluding hydrogens is 262 g/mol. The van der Waals surface area contributed by atoms with Crippen LogP contribution in [0.15, 0.2) is 47.6 Å². The van der Waals surface area contributed by atoms with E-state index in [0.29, 0.717) is 11.4 Å². The summed E-state index contributed by atoms with van der Waals surface area (Å²) in [5.41, 5.74) is 1.89. The van der Waals surface area contributed by atoms with Crippen molar-refractivity contribution in [1.82, 2.24) is 4.98 Å². The molecule has 1 aromatic heterocycles. The highest BCUT2D eigenvalue weighted by atomic mass is 32.2. The molecule has 0 fully saturated rings. The molecule has 0 aliphatic heterocycles. The van der Waals surface area contributed by atoms with E-state index in [9.17, 15) is 8.42 Å². The minimum atomic E-state index is -3.63. The molecule has 2 rings (SSSR count). The Bertz CT molecular complexity index is 684. The van der Waals surface area contributed by atoms with Crippen LogP contribution < -0.4 is 10.0 Å². The van der Waals surface area contributed by atoms with Crippen molar-refractivity contribution in [2.45, 2.75) is 11.8 Å². The minimum Gasteiger partial charge on any atom is -0.387 e. The third-order valence-electron chi connectivity index (χ3n) is 2.57. The number of nitrogens with zero attached hydrogens (tertiary/aromatic N) is 1. The number of anilines is 2. The number of sulfonamides is 1. The second-order valence-electron chi connectivity index (χ2n) is 4.10. The molecule has 5 nitrogen and oxygen atoms in total. The smallest absolute Gasteiger partial charge is 0.264 e. The topological polar surface area (TPSA) is 71.1 Å². The van der Waals surface area contributed by atoms with Gasteiger partial charge >= 0.3 is 0 Å². The normalized spacial score (nSPS) is 11.1. The van der Waals surface area contributed by atoms with Gasteiger partial charge in [0.15, 0.2) is 0 Å². The number of aromatic nitrogens is 1. The summed E-state index contributed by atoms with van der Waals surface area (Å²) in [6, 6.07) is 8.45. The van der Waals surface area contributed by atoms with Gasteiger partial charge in [0, 0.05) is 13.2 Å². The molecule has 0 aliphatic rings. The number of hydrogen-bond acceptors (Lipinski definition) is 4. The van der Waals surface area contributed by atoms with Crippen molar-refractivity contribution in [3.05, 3.63) is 48.3 Å². The first-order chi connectivity index (χ1) is 9.03. The number of para-hydroxylation sites is 1. The summed E-state index contributed by atoms with van der Waals surface area (Å²) < 4.78 is 27.1. The number of pyridine rings is 1. The van der Waals surface area contributed by atoms with Crippen LogP contribution in [0.1, 0.15) is 5.56 Å². The fourth-order valence-corrected chi connectivity index (χ4v) is 2.98. The molecule has 0 radical (unpaired) electrons. The fraction of sp³-hybridized carbons (Fsp3) is 0.154. The standard InChI is InChI=1S/C13H15N3O2S/c1-10-7-11(9-15-8-10)16-19(17,18)13-6-4-3-5-12(13)14-2/h3-9,14,16H,1-2H3. The molecule has 2 aromatic rings. The van der Waals surface area contributed by atoms with Gasteiger partial charge in [-0.15, -0.1) is 0 Å². The molecule has 0 saturated heterocycles. The third kappa shape index (κ3) is 3.03. The van der Waals surface area contributed by atoms with Crippen LogP contribution in [0.5, 0.6) is 0 Å². The first kappa shape index (κ1) is 13.4. The van der Waals surface area contributed by atoms with Crippen LogP contribution in [0.3, 0.4) is 0 Å². The molecule has 19 heavy (non-hydrogen) atoms. The van der Waals surface area contributed by atoms with Gasteiger partial charge in [0.2, 0.25) is 0 Å². The van der Waals surface area contributed by atoms with Gasteiger partial charge in [-0.2, -0.15) is 0 Å². The van der Waals surface area contributed by atoms with Crippen molar-refractivity contribution >= 4 is 21.4 Å². The summed E-state index contributed by atoms with van der Waals surface area (Å²) in [5.74, 6) is 0. The van der Waals surface area contributed by atoms with Crippen LogP contribution in [-0.2, 0) is 10.0 Å². The Labute approximate surface area is 112 Å². The summed E-state index contributed by atoms with van der Waals surface area (Å²) in [6.07, 6.45) is 3.14. The van der Waals surface area contributed by atoms with E-state index in [4.69, 9.17) is 0 Å². The summed E-state index contributed by atoms with van der Waals surface area (Å²) in [4.78, 5) is 4.17. The molecular formula is C13H15N3O2S. The fourth-order valence-electron chi connectivity index (χ4n) is 1.73. The van der Waals surface area contributed by atoms with E-state index >= 15 is 0 Å². The average molecular weight is 277 g/mol. The van der Waals surface area contributed by atoms with Crippen molar-refractivity contribution in [1.29, 1.82) is 0 Å². The molecule has 0 unspecified atom stereocenters. The van der Waals surface area contributed by atoms with Gasteiger partial charge in [0.05, 0.1) is 17.6 Å². The Kier molecular flexibility index (Phi) is 3.71. The summed E-state index contributed by atoms with van der Waals surface area (Å²) in [6.45, 7) is 1.85. The van der Waals surface area contributed by atoms with Crippen LogP contribution in [0.25, 0.3) is 0 Å². The molecule has 0 atom stereocenters. The Morgan fingerprint density at radius 2 is 1.89 bits per heavy atom. The van der Waals surface area contributed by atoms with E-state index < -0.39 is 10.0 Å². The Balaban J connectivity index is 2.38. The number of aryl methyl sites for hydroxylation is 1. The van der Waals surface area contributed by atoms with Crippen LogP contribution >= 0.6 is 0 Å². The Morgan fingerprint density at radius 1 is 1.16 bits per heavy atom. The zero-order valence-corrected chi connectivity index (χ0v) is 11.5. The van der Waals surface area contributed by atoms with E-state index in [1.54, 1.807) is 43.6 Å². The first-order valence-electron chi connectivity index (χ1n) is 5.74. The van der Waals surface area contributed by atoms with Gasteiger partial charge in [-0.25, -0.2) is 8.42 Å². The van der Waals surface area contributed by atoms with Crippen LogP contribution in [-0.4, -0.2) is 20.4 Å². The van der Waals surface area contributed by atoms with E-state index in [-0.39, 0.29) is 4.90 Å². The quantitative estimate of drug-likeness (QED) is 0.899. The maximum atomic E-state index is 12.3. The van der Waals surface area contributed by atoms with Crippen LogP contribution in [0.2, 0.25) is 0 Å². The number of rotatable bonds is 4. The highest BCUT2D eigenvalue weighted by molar-refractivity contribution is 7.92. The molecule has 0 spiro atoms. The summed E-state index contributed by atoms with van der Waals surface area (Å²) in [5, 5.41) is 2.86. The molecule has 0 bridgehead atoms. The lowest BCUT2D eigenvalue weighted by molar-refractivity contribution is 0.601. The average Bonchev–Trinajstić information content (AvgIpc) is 2.38. The lowest BCUT2D eigenvalue weighted by Gasteiger charge is -2.11. The van der Waals surface area contributed by atoms with Gasteiger partial charge in [0.1, 0.15) is 4.90 Å². The second kappa shape index (κ2) is 5.27. The SMILES string of the molecule is CNc1ccccc1S(=O)(=O)Nc1cncc(C)c1. The van der Waals surface area contributed by atoms with Gasteiger partial charge in [-0.05, 0) is 30.7 Å². The second-order valence-corrected chi connectivity index (χ2v) is 5.75. The van der Waals surface area contributed by atoms with Gasteiger partial charge in [-0.3, -0.25) is 9.71 Å². The van der Waals surface area contributed by atoms with Crippen molar-refractivity contribution in [2.24, 2.45) is 0 Å². The maximum absolute atomic E-state index is 12.3. The number of benzene rings is 1. The molecule has 0 aliphatic carbocycles. The summed E-state index contributed by atoms with van der Waals surface area (Å²) in [7, 11) is -1.94. The molecule has 1 aromatic carbocycles. The zero-order chi connectivity index (χ0) is 13.9. The summed E-state index contributed by atoms with van der Waals surface area (Å²) >= 11 is 0. The maximum Gasteiger partial charge on any atom is 0.264 e. The number of nitrogens with one attached hydrogen (secondary N) is 2. The Morgan fingerprint density at radius 3 is 2.58 bits per heavy atom. The predicted molar refractivity (Wildman–Crippen MR) is 75.8 cm³/mol. The third-order valence-corrected chi connectivity index (χ3v) is 4.01. The highest BCUT2D eigenvalue weighted by Gasteiger charge is 2.17. The monoisotopic (exact) mass is 277 g/mol. The predicted octanol–water partition coefficient (Wildman–Crippen LogP) is 2.23. The van der Waals surface area contributed by atoms with Gasteiger partial charge in [-0.1, -0.05) is 12.1 Å². The van der Waals surface area contributed by atoms with Crippen LogP contribution in [0.4, 0.5) is 11.4 Å². The largest absolute Gasteiger partial charge is 0.387 e. The lowest BCUT2D eigenvalue weighted by Crippen LogP contribution is -2.14. The first-order valence-corrected chi connectivity index (χ1v) is 7.22. The number of hydrogen-bond donors (Lipinski definition) is 2. The van der Waals surface area contributed by atoms with Crippen LogP contribution in [0, 0.1) is 6.92 Å². The molecule has 100 valence electrons. The van der Waals surface area contributed by atoms with E-state index in [1.165, 1.54) is 6.20 Å². The van der Waals surface area contributed by atoms with E-state index in [0.717, 1.165) is 5.56 Å². The molecule has 2 N–H and O–H groups in total. The van der Waals surface area contributed by atoms with Crippen molar-refractivity contribution in [3.63, 3.8) is 0 Å². The Hall–Kier alpha value is -2.08. The molecule has 6 heteroatoms. The van der Waals surface area contributed by atoms with E-state index in [2.05, 4.69) is 15.0 Å². The van der Waals surface area contributed by atoms with Crippen molar-refractivity contribution in [2.75, 3.05) is 17.1 Å². The minimum absolute atomic E-state index is 0.207. The zero-order valence-electron chi connectivity index (χ0n) is 10.7. The van der Waals surface area contributed by atoms with Crippen molar-refractivity contribution < 1.29 is 8.42 Å². The van der Waals surface area contributed by atoms with Crippen molar-refractivity contribution in [3.8, 4) is 0 Å². The van der Waals surface area contributed by atoms with E-state index in [1.807, 2.05) is 6.92 Å². The molecule has 1 heterocycles.